The van der Waals surface area contributed by atoms with Crippen molar-refractivity contribution in [1.82, 2.24) is 28.0 Å². The van der Waals surface area contributed by atoms with Gasteiger partial charge < -0.3 is 0 Å². The van der Waals surface area contributed by atoms with Crippen molar-refractivity contribution in [3.05, 3.63) is 30.1 Å². The maximum atomic E-state index is 13.1. The van der Waals surface area contributed by atoms with E-state index in [9.17, 15) is 8.42 Å². The van der Waals surface area contributed by atoms with E-state index < -0.39 is 10.0 Å². The van der Waals surface area contributed by atoms with Gasteiger partial charge in [-0.1, -0.05) is 11.3 Å². The molecular formula is C15H16N6O2S2. The Morgan fingerprint density at radius 1 is 1.16 bits per heavy atom. The summed E-state index contributed by atoms with van der Waals surface area (Å²) in [5.74, 6) is 0.546. The van der Waals surface area contributed by atoms with Crippen molar-refractivity contribution in [2.75, 3.05) is 13.1 Å². The second-order valence-corrected chi connectivity index (χ2v) is 9.03. The summed E-state index contributed by atoms with van der Waals surface area (Å²) in [7, 11) is -3.60. The SMILES string of the molecule is O=S(=O)(c1cccc2nsnc12)N1CC[C@@H](n2cc(C3CC3)nn2)C1. The molecule has 1 aliphatic carbocycles. The number of nitrogens with zero attached hydrogens (tertiary/aromatic N) is 6. The van der Waals surface area contributed by atoms with Crippen molar-refractivity contribution in [1.29, 1.82) is 0 Å². The second-order valence-electron chi connectivity index (χ2n) is 6.59. The summed E-state index contributed by atoms with van der Waals surface area (Å²) in [5.41, 5.74) is 2.10. The fourth-order valence-corrected chi connectivity index (χ4v) is 5.55. The van der Waals surface area contributed by atoms with Crippen LogP contribution in [0.2, 0.25) is 0 Å². The first kappa shape index (κ1) is 15.4. The first-order valence-electron chi connectivity index (χ1n) is 8.26. The lowest BCUT2D eigenvalue weighted by Gasteiger charge is -2.16. The zero-order valence-corrected chi connectivity index (χ0v) is 14.9. The Morgan fingerprint density at radius 2 is 2.04 bits per heavy atom. The molecule has 2 aromatic heterocycles. The molecule has 0 N–H and O–H groups in total. The van der Waals surface area contributed by atoms with Gasteiger partial charge in [-0.05, 0) is 31.4 Å². The van der Waals surface area contributed by atoms with Crippen molar-refractivity contribution in [2.45, 2.75) is 36.1 Å². The van der Waals surface area contributed by atoms with Gasteiger partial charge in [0.25, 0.3) is 0 Å². The highest BCUT2D eigenvalue weighted by atomic mass is 32.2. The van der Waals surface area contributed by atoms with Gasteiger partial charge in [0.05, 0.1) is 23.5 Å². The van der Waals surface area contributed by atoms with Crippen LogP contribution >= 0.6 is 11.7 Å². The molecule has 10 heteroatoms. The number of benzene rings is 1. The molecule has 1 aliphatic heterocycles. The smallest absolute Gasteiger partial charge is 0.245 e. The molecule has 0 radical (unpaired) electrons. The summed E-state index contributed by atoms with van der Waals surface area (Å²) in [4.78, 5) is 0.233. The molecule has 1 aromatic carbocycles. The zero-order valence-electron chi connectivity index (χ0n) is 13.3. The van der Waals surface area contributed by atoms with Crippen LogP contribution in [0, 0.1) is 0 Å². The number of sulfonamides is 1. The van der Waals surface area contributed by atoms with Crippen LogP contribution in [0.5, 0.6) is 0 Å². The van der Waals surface area contributed by atoms with Crippen molar-refractivity contribution in [3.63, 3.8) is 0 Å². The molecule has 3 aromatic rings. The van der Waals surface area contributed by atoms with Crippen LogP contribution in [0.15, 0.2) is 29.3 Å². The Morgan fingerprint density at radius 3 is 2.88 bits per heavy atom. The van der Waals surface area contributed by atoms with E-state index in [0.717, 1.165) is 23.8 Å². The molecule has 1 atom stereocenters. The molecular weight excluding hydrogens is 360 g/mol. The van der Waals surface area contributed by atoms with Crippen LogP contribution in [-0.4, -0.2) is 49.6 Å². The quantitative estimate of drug-likeness (QED) is 0.689. The van der Waals surface area contributed by atoms with Gasteiger partial charge in [-0.2, -0.15) is 13.1 Å². The first-order valence-corrected chi connectivity index (χ1v) is 10.4. The minimum absolute atomic E-state index is 0.0301. The van der Waals surface area contributed by atoms with E-state index in [2.05, 4.69) is 19.1 Å². The highest BCUT2D eigenvalue weighted by Gasteiger charge is 2.36. The second kappa shape index (κ2) is 5.55. The van der Waals surface area contributed by atoms with E-state index in [1.807, 2.05) is 10.9 Å². The maximum Gasteiger partial charge on any atom is 0.245 e. The van der Waals surface area contributed by atoms with E-state index in [1.54, 1.807) is 18.2 Å². The van der Waals surface area contributed by atoms with Crippen LogP contribution in [0.1, 0.15) is 36.9 Å². The predicted molar refractivity (Wildman–Crippen MR) is 91.8 cm³/mol. The molecule has 130 valence electrons. The molecule has 3 heterocycles. The average molecular weight is 376 g/mol. The highest BCUT2D eigenvalue weighted by Crippen LogP contribution is 2.39. The Balaban J connectivity index is 1.42. The first-order chi connectivity index (χ1) is 12.1. The van der Waals surface area contributed by atoms with E-state index in [4.69, 9.17) is 0 Å². The van der Waals surface area contributed by atoms with Gasteiger partial charge in [0.2, 0.25) is 10.0 Å². The average Bonchev–Trinajstić information content (AvgIpc) is 3.07. The third-order valence-electron chi connectivity index (χ3n) is 4.89. The Kier molecular flexibility index (Phi) is 3.41. The van der Waals surface area contributed by atoms with Crippen molar-refractivity contribution >= 4 is 32.8 Å². The summed E-state index contributed by atoms with van der Waals surface area (Å²) < 4.78 is 37.8. The van der Waals surface area contributed by atoms with Gasteiger partial charge in [0, 0.05) is 25.2 Å². The molecule has 0 unspecified atom stereocenters. The summed E-state index contributed by atoms with van der Waals surface area (Å²) >= 11 is 1.03. The van der Waals surface area contributed by atoms with Gasteiger partial charge in [0.1, 0.15) is 15.9 Å². The van der Waals surface area contributed by atoms with Crippen molar-refractivity contribution < 1.29 is 8.42 Å². The number of aromatic nitrogens is 5. The van der Waals surface area contributed by atoms with Gasteiger partial charge in [-0.15, -0.1) is 5.10 Å². The zero-order chi connectivity index (χ0) is 17.0. The molecule has 2 aliphatic rings. The molecule has 0 amide bonds. The molecule has 1 saturated heterocycles. The number of hydrogen-bond donors (Lipinski definition) is 0. The minimum Gasteiger partial charge on any atom is -0.248 e. The number of fused-ring (bicyclic) bond motifs is 1. The van der Waals surface area contributed by atoms with Gasteiger partial charge in [-0.3, -0.25) is 0 Å². The topological polar surface area (TPSA) is 93.9 Å². The molecule has 2 fully saturated rings. The summed E-state index contributed by atoms with van der Waals surface area (Å²) in [5, 5.41) is 8.45. The summed E-state index contributed by atoms with van der Waals surface area (Å²) in [6.45, 7) is 0.878. The van der Waals surface area contributed by atoms with E-state index >= 15 is 0 Å². The van der Waals surface area contributed by atoms with Crippen LogP contribution in [-0.2, 0) is 10.0 Å². The van der Waals surface area contributed by atoms with E-state index in [-0.39, 0.29) is 10.9 Å². The van der Waals surface area contributed by atoms with Crippen LogP contribution in [0.3, 0.4) is 0 Å². The monoisotopic (exact) mass is 376 g/mol. The molecule has 5 rings (SSSR count). The van der Waals surface area contributed by atoms with Crippen LogP contribution in [0.4, 0.5) is 0 Å². The van der Waals surface area contributed by atoms with Crippen molar-refractivity contribution in [2.24, 2.45) is 0 Å². The third-order valence-corrected chi connectivity index (χ3v) is 7.33. The highest BCUT2D eigenvalue weighted by molar-refractivity contribution is 7.89. The lowest BCUT2D eigenvalue weighted by molar-refractivity contribution is 0.428. The maximum absolute atomic E-state index is 13.1. The Labute approximate surface area is 148 Å². The van der Waals surface area contributed by atoms with Gasteiger partial charge in [0.15, 0.2) is 0 Å². The minimum atomic E-state index is -3.60. The third kappa shape index (κ3) is 2.55. The molecule has 8 nitrogen and oxygen atoms in total. The molecule has 25 heavy (non-hydrogen) atoms. The van der Waals surface area contributed by atoms with Gasteiger partial charge in [-0.25, -0.2) is 13.1 Å². The number of rotatable bonds is 4. The van der Waals surface area contributed by atoms with E-state index in [0.29, 0.717) is 30.0 Å². The van der Waals surface area contributed by atoms with E-state index in [1.165, 1.54) is 17.1 Å². The normalized spacial score (nSPS) is 22.0. The molecule has 1 saturated carbocycles. The lowest BCUT2D eigenvalue weighted by atomic mass is 10.2. The number of hydrogen-bond acceptors (Lipinski definition) is 7. The summed E-state index contributed by atoms with van der Waals surface area (Å²) in [6, 6.07) is 5.12. The lowest BCUT2D eigenvalue weighted by Crippen LogP contribution is -2.29. The van der Waals surface area contributed by atoms with Crippen LogP contribution in [0.25, 0.3) is 11.0 Å². The Hall–Kier alpha value is -1.91. The predicted octanol–water partition coefficient (Wildman–Crippen LogP) is 1.80. The summed E-state index contributed by atoms with van der Waals surface area (Å²) in [6.07, 6.45) is 5.06. The molecule has 0 spiro atoms. The standard InChI is InChI=1S/C15H16N6O2S2/c22-25(23,14-3-1-2-12-15(14)18-24-17-12)20-7-6-11(8-20)21-9-13(16-19-21)10-4-5-10/h1-3,9-11H,4-8H2/t11-/m1/s1. The largest absolute Gasteiger partial charge is 0.248 e. The van der Waals surface area contributed by atoms with Gasteiger partial charge >= 0.3 is 0 Å². The Bertz CT molecular complexity index is 1040. The molecule has 0 bridgehead atoms. The fraction of sp³-hybridized carbons (Fsp3) is 0.467. The van der Waals surface area contributed by atoms with Crippen molar-refractivity contribution in [3.8, 4) is 0 Å². The fourth-order valence-electron chi connectivity index (χ4n) is 3.31. The van der Waals surface area contributed by atoms with Crippen LogP contribution < -0.4 is 0 Å².